The van der Waals surface area contributed by atoms with Crippen molar-refractivity contribution >= 4 is 21.9 Å². The molecule has 0 spiro atoms. The zero-order valence-corrected chi connectivity index (χ0v) is 12.6. The fourth-order valence-electron chi connectivity index (χ4n) is 0.967. The van der Waals surface area contributed by atoms with Gasteiger partial charge in [0.1, 0.15) is 5.75 Å². The van der Waals surface area contributed by atoms with Gasteiger partial charge in [0.2, 0.25) is 0 Å². The van der Waals surface area contributed by atoms with Gasteiger partial charge in [-0.2, -0.15) is 0 Å². The monoisotopic (exact) mass is 281 g/mol. The number of halogens is 1. The average molecular weight is 282 g/mol. The summed E-state index contributed by atoms with van der Waals surface area (Å²) >= 11 is 3.25. The van der Waals surface area contributed by atoms with Gasteiger partial charge in [0.15, 0.2) is 0 Å². The molecule has 0 aliphatic heterocycles. The number of carbonyl (C=O) groups excluding carboxylic acids is 1. The number of carbonyl (C=O) groups is 1. The fraction of sp³-hybridized carbons (Fsp3) is 0.333. The van der Waals surface area contributed by atoms with E-state index >= 15 is 0 Å². The first-order valence-corrected chi connectivity index (χ1v) is 4.87. The van der Waals surface area contributed by atoms with Crippen LogP contribution in [0.15, 0.2) is 22.9 Å². The van der Waals surface area contributed by atoms with Gasteiger partial charge in [-0.05, 0) is 34.8 Å². The van der Waals surface area contributed by atoms with Crippen LogP contribution in [0.1, 0.15) is 14.3 Å². The number of esters is 1. The first-order chi connectivity index (χ1) is 6.25. The minimum atomic E-state index is -0.139. The van der Waals surface area contributed by atoms with Crippen molar-refractivity contribution in [3.8, 4) is 5.75 Å². The Kier molecular flexibility index (Phi) is 5.23. The van der Waals surface area contributed by atoms with Gasteiger partial charge >= 0.3 is 57.4 Å². The van der Waals surface area contributed by atoms with E-state index < -0.39 is 0 Å². The maximum absolute atomic E-state index is 11.2. The Morgan fingerprint density at radius 2 is 2.29 bits per heavy atom. The molecule has 1 aliphatic carbocycles. The minimum absolute atomic E-state index is 0. The predicted molar refractivity (Wildman–Crippen MR) is 51.4 cm³/mol. The molecule has 0 bridgehead atoms. The van der Waals surface area contributed by atoms with Gasteiger partial charge in [-0.15, -0.1) is 0 Å². The predicted octanol–water partition coefficient (Wildman–Crippen LogP) is -0.724. The number of pyridine rings is 1. The zero-order valence-electron chi connectivity index (χ0n) is 8.87. The second-order valence-electron chi connectivity index (χ2n) is 3.03. The summed E-state index contributed by atoms with van der Waals surface area (Å²) in [6.45, 7) is 0. The smallest absolute Gasteiger partial charge is 1.00 e. The van der Waals surface area contributed by atoms with Crippen LogP contribution in [0, 0.1) is 5.92 Å². The van der Waals surface area contributed by atoms with E-state index in [-0.39, 0.29) is 64.7 Å². The molecule has 1 heterocycles. The fourth-order valence-corrected chi connectivity index (χ4v) is 1.31. The average Bonchev–Trinajstić information content (AvgIpc) is 2.85. The number of ether oxygens (including phenoxy) is 1. The molecule has 3 nitrogen and oxygen atoms in total. The molecule has 1 saturated carbocycles. The van der Waals surface area contributed by atoms with Crippen molar-refractivity contribution < 1.29 is 62.3 Å². The second kappa shape index (κ2) is 5.72. The molecular formula is C9H9BrKNO2. The van der Waals surface area contributed by atoms with Crippen LogP contribution < -0.4 is 56.1 Å². The Balaban J connectivity index is 0.000000980. The quantitative estimate of drug-likeness (QED) is 0.531. The van der Waals surface area contributed by atoms with Crippen LogP contribution in [-0.4, -0.2) is 11.0 Å². The Morgan fingerprint density at radius 3 is 2.86 bits per heavy atom. The van der Waals surface area contributed by atoms with Gasteiger partial charge in [0.05, 0.1) is 12.1 Å². The van der Waals surface area contributed by atoms with Crippen molar-refractivity contribution in [3.63, 3.8) is 0 Å². The maximum atomic E-state index is 11.2. The van der Waals surface area contributed by atoms with Gasteiger partial charge < -0.3 is 6.16 Å². The molecule has 0 unspecified atom stereocenters. The molecule has 14 heavy (non-hydrogen) atoms. The van der Waals surface area contributed by atoms with E-state index in [1.54, 1.807) is 12.3 Å². The number of hydrogen-bond donors (Lipinski definition) is 0. The van der Waals surface area contributed by atoms with Gasteiger partial charge in [-0.25, -0.2) is 0 Å². The number of rotatable bonds is 2. The first-order valence-electron chi connectivity index (χ1n) is 4.08. The van der Waals surface area contributed by atoms with Crippen molar-refractivity contribution in [1.82, 2.24) is 4.98 Å². The SMILES string of the molecule is O=C(Oc1cncc(Br)c1)C1CC1.[H-].[K+]. The molecule has 5 heteroatoms. The Morgan fingerprint density at radius 1 is 1.57 bits per heavy atom. The van der Waals surface area contributed by atoms with Crippen LogP contribution in [-0.2, 0) is 4.79 Å². The number of nitrogens with zero attached hydrogens (tertiary/aromatic N) is 1. The van der Waals surface area contributed by atoms with E-state index in [0.717, 1.165) is 17.3 Å². The third-order valence-corrected chi connectivity index (χ3v) is 2.24. The summed E-state index contributed by atoms with van der Waals surface area (Å²) in [5, 5.41) is 0. The van der Waals surface area contributed by atoms with Crippen molar-refractivity contribution in [3.05, 3.63) is 22.9 Å². The largest absolute Gasteiger partial charge is 1.00 e. The summed E-state index contributed by atoms with van der Waals surface area (Å²) in [4.78, 5) is 15.1. The first kappa shape index (κ1) is 12.8. The minimum Gasteiger partial charge on any atom is -1.00 e. The summed E-state index contributed by atoms with van der Waals surface area (Å²) in [5.74, 6) is 0.491. The Bertz CT molecular complexity index is 347. The summed E-state index contributed by atoms with van der Waals surface area (Å²) in [5.41, 5.74) is 0. The molecule has 1 fully saturated rings. The van der Waals surface area contributed by atoms with E-state index in [9.17, 15) is 4.79 Å². The van der Waals surface area contributed by atoms with Crippen molar-refractivity contribution in [1.29, 1.82) is 0 Å². The normalized spacial score (nSPS) is 14.4. The molecular weight excluding hydrogens is 273 g/mol. The van der Waals surface area contributed by atoms with Crippen LogP contribution in [0.5, 0.6) is 5.75 Å². The molecule has 2 rings (SSSR count). The molecule has 70 valence electrons. The van der Waals surface area contributed by atoms with Crippen LogP contribution >= 0.6 is 15.9 Å². The third-order valence-electron chi connectivity index (χ3n) is 1.81. The summed E-state index contributed by atoms with van der Waals surface area (Å²) < 4.78 is 5.90. The summed E-state index contributed by atoms with van der Waals surface area (Å²) in [6, 6.07) is 1.73. The summed E-state index contributed by atoms with van der Waals surface area (Å²) in [7, 11) is 0. The number of aromatic nitrogens is 1. The van der Waals surface area contributed by atoms with E-state index in [1.807, 2.05) is 0 Å². The zero-order chi connectivity index (χ0) is 9.26. The molecule has 0 N–H and O–H groups in total. The number of hydrogen-bond acceptors (Lipinski definition) is 3. The van der Waals surface area contributed by atoms with Gasteiger partial charge in [0.25, 0.3) is 0 Å². The molecule has 0 radical (unpaired) electrons. The van der Waals surface area contributed by atoms with Gasteiger partial charge in [-0.3, -0.25) is 9.78 Å². The Labute approximate surface area is 135 Å². The van der Waals surface area contributed by atoms with Crippen LogP contribution in [0.2, 0.25) is 0 Å². The standard InChI is InChI=1S/C9H8BrNO2.K.H/c10-7-3-8(5-11-4-7)13-9(12)6-1-2-6;;/h3-6H,1-2H2;;/q;+1;-1. The topological polar surface area (TPSA) is 39.2 Å². The molecule has 1 aromatic heterocycles. The molecule has 0 saturated heterocycles. The molecule has 1 aliphatic rings. The van der Waals surface area contributed by atoms with E-state index in [4.69, 9.17) is 4.74 Å². The molecule has 0 atom stereocenters. The molecule has 1 aromatic rings. The van der Waals surface area contributed by atoms with Gasteiger partial charge in [0, 0.05) is 10.7 Å². The summed E-state index contributed by atoms with van der Waals surface area (Å²) in [6.07, 6.45) is 5.10. The molecule has 0 aromatic carbocycles. The van der Waals surface area contributed by atoms with Crippen molar-refractivity contribution in [2.24, 2.45) is 5.92 Å². The third kappa shape index (κ3) is 3.71. The van der Waals surface area contributed by atoms with Gasteiger partial charge in [-0.1, -0.05) is 0 Å². The van der Waals surface area contributed by atoms with E-state index in [2.05, 4.69) is 20.9 Å². The second-order valence-corrected chi connectivity index (χ2v) is 3.95. The molecule has 0 amide bonds. The van der Waals surface area contributed by atoms with Crippen molar-refractivity contribution in [2.75, 3.05) is 0 Å². The van der Waals surface area contributed by atoms with Crippen LogP contribution in [0.3, 0.4) is 0 Å². The van der Waals surface area contributed by atoms with E-state index in [1.165, 1.54) is 6.20 Å². The van der Waals surface area contributed by atoms with E-state index in [0.29, 0.717) is 5.75 Å². The van der Waals surface area contributed by atoms with Crippen LogP contribution in [0.25, 0.3) is 0 Å². The van der Waals surface area contributed by atoms with Crippen molar-refractivity contribution in [2.45, 2.75) is 12.8 Å². The maximum Gasteiger partial charge on any atom is 1.00 e. The van der Waals surface area contributed by atoms with Crippen LogP contribution in [0.4, 0.5) is 0 Å². The Hall–Kier alpha value is 0.736.